The van der Waals surface area contributed by atoms with Gasteiger partial charge in [-0.15, -0.1) is 0 Å². The summed E-state index contributed by atoms with van der Waals surface area (Å²) in [6.07, 6.45) is 1.20. The van der Waals surface area contributed by atoms with Crippen LogP contribution in [0.15, 0.2) is 60.8 Å². The number of hydrogen-bond donors (Lipinski definition) is 4. The van der Waals surface area contributed by atoms with Crippen LogP contribution in [0.4, 0.5) is 11.5 Å². The summed E-state index contributed by atoms with van der Waals surface area (Å²) in [4.78, 5) is 30.9. The molecule has 1 aliphatic heterocycles. The van der Waals surface area contributed by atoms with Crippen LogP contribution in [0, 0.1) is 11.3 Å². The number of anilines is 2. The van der Waals surface area contributed by atoms with E-state index in [0.29, 0.717) is 23.4 Å². The van der Waals surface area contributed by atoms with Crippen LogP contribution >= 0.6 is 0 Å². The first-order valence-electron chi connectivity index (χ1n) is 12.0. The van der Waals surface area contributed by atoms with Gasteiger partial charge in [0.05, 0.1) is 24.3 Å². The minimum absolute atomic E-state index is 0.0196. The molecule has 0 bridgehead atoms. The van der Waals surface area contributed by atoms with Gasteiger partial charge in [0.1, 0.15) is 11.9 Å². The number of benzene rings is 2. The van der Waals surface area contributed by atoms with Crippen LogP contribution in [0.2, 0.25) is 0 Å². The SMILES string of the molecule is CC(=O)N1c2ccc(-c3ccc(C(=O)NCC(O)CO)cc3)cc2C(Nc2ccc(C#N)cn2)CC1C. The maximum Gasteiger partial charge on any atom is 0.251 e. The van der Waals surface area contributed by atoms with Gasteiger partial charge in [0.25, 0.3) is 5.91 Å². The van der Waals surface area contributed by atoms with E-state index in [-0.39, 0.29) is 30.4 Å². The Balaban J connectivity index is 1.62. The van der Waals surface area contributed by atoms with E-state index in [2.05, 4.69) is 21.7 Å². The first kappa shape index (κ1) is 25.8. The molecule has 3 atom stereocenters. The Morgan fingerprint density at radius 2 is 1.89 bits per heavy atom. The van der Waals surface area contributed by atoms with Crippen molar-refractivity contribution >= 4 is 23.3 Å². The van der Waals surface area contributed by atoms with E-state index < -0.39 is 12.7 Å². The van der Waals surface area contributed by atoms with Crippen LogP contribution in [0.3, 0.4) is 0 Å². The van der Waals surface area contributed by atoms with E-state index in [1.807, 2.05) is 37.3 Å². The molecule has 3 aromatic rings. The van der Waals surface area contributed by atoms with Crippen molar-refractivity contribution in [3.63, 3.8) is 0 Å². The third-order valence-electron chi connectivity index (χ3n) is 6.42. The average molecular weight is 500 g/mol. The van der Waals surface area contributed by atoms with Gasteiger partial charge in [-0.25, -0.2) is 4.98 Å². The van der Waals surface area contributed by atoms with Crippen molar-refractivity contribution < 1.29 is 19.8 Å². The number of aromatic nitrogens is 1. The molecule has 0 spiro atoms. The lowest BCUT2D eigenvalue weighted by atomic mass is 9.89. The minimum Gasteiger partial charge on any atom is -0.394 e. The summed E-state index contributed by atoms with van der Waals surface area (Å²) in [6.45, 7) is 3.12. The Hall–Kier alpha value is -4.26. The van der Waals surface area contributed by atoms with Crippen molar-refractivity contribution in [2.75, 3.05) is 23.4 Å². The van der Waals surface area contributed by atoms with Crippen LogP contribution in [0.25, 0.3) is 11.1 Å². The first-order chi connectivity index (χ1) is 17.8. The molecule has 0 radical (unpaired) electrons. The summed E-state index contributed by atoms with van der Waals surface area (Å²) in [7, 11) is 0. The summed E-state index contributed by atoms with van der Waals surface area (Å²) < 4.78 is 0. The van der Waals surface area contributed by atoms with E-state index in [1.54, 1.807) is 36.1 Å². The van der Waals surface area contributed by atoms with Crippen molar-refractivity contribution in [3.8, 4) is 17.2 Å². The van der Waals surface area contributed by atoms with Gasteiger partial charge in [-0.05, 0) is 66.4 Å². The van der Waals surface area contributed by atoms with Crippen LogP contribution in [-0.2, 0) is 4.79 Å². The molecule has 2 amide bonds. The molecular weight excluding hydrogens is 470 g/mol. The quantitative estimate of drug-likeness (QED) is 0.392. The number of amides is 2. The van der Waals surface area contributed by atoms with Gasteiger partial charge in [0.2, 0.25) is 5.91 Å². The first-order valence-corrected chi connectivity index (χ1v) is 12.0. The number of aliphatic hydroxyl groups is 2. The Labute approximate surface area is 215 Å². The number of fused-ring (bicyclic) bond motifs is 1. The lowest BCUT2D eigenvalue weighted by Gasteiger charge is -2.39. The summed E-state index contributed by atoms with van der Waals surface area (Å²) in [5, 5.41) is 33.4. The zero-order valence-electron chi connectivity index (χ0n) is 20.7. The molecule has 1 aliphatic rings. The number of carbonyl (C=O) groups is 2. The molecule has 9 heteroatoms. The zero-order chi connectivity index (χ0) is 26.5. The van der Waals surface area contributed by atoms with Gasteiger partial charge in [0, 0.05) is 37.0 Å². The van der Waals surface area contributed by atoms with Crippen LogP contribution in [0.5, 0.6) is 0 Å². The highest BCUT2D eigenvalue weighted by Crippen LogP contribution is 2.41. The molecule has 0 aliphatic carbocycles. The molecule has 4 N–H and O–H groups in total. The number of hydrogen-bond acceptors (Lipinski definition) is 7. The molecule has 0 fully saturated rings. The standard InChI is InChI=1S/C28H29N5O4/c1-17-11-25(32-27-10-3-19(13-29)14-30-27)24-12-22(8-9-26(24)33(17)18(2)35)20-4-6-21(7-5-20)28(37)31-15-23(36)16-34/h3-10,12,14,17,23,25,34,36H,11,15-16H2,1-2H3,(H,30,32)(H,31,37). The molecule has 4 rings (SSSR count). The molecule has 0 saturated heterocycles. The molecule has 37 heavy (non-hydrogen) atoms. The predicted octanol–water partition coefficient (Wildman–Crippen LogP) is 3.00. The summed E-state index contributed by atoms with van der Waals surface area (Å²) in [6, 6.07) is 18.5. The monoisotopic (exact) mass is 499 g/mol. The number of nitriles is 1. The second-order valence-corrected chi connectivity index (χ2v) is 9.11. The highest BCUT2D eigenvalue weighted by Gasteiger charge is 2.32. The Morgan fingerprint density at radius 3 is 2.51 bits per heavy atom. The zero-order valence-corrected chi connectivity index (χ0v) is 20.7. The van der Waals surface area contributed by atoms with Crippen LogP contribution < -0.4 is 15.5 Å². The maximum absolute atomic E-state index is 12.5. The van der Waals surface area contributed by atoms with Crippen molar-refractivity contribution in [1.82, 2.24) is 10.3 Å². The second-order valence-electron chi connectivity index (χ2n) is 9.11. The number of pyridine rings is 1. The van der Waals surface area contributed by atoms with Crippen LogP contribution in [0.1, 0.15) is 47.8 Å². The molecule has 3 unspecified atom stereocenters. The van der Waals surface area contributed by atoms with E-state index in [4.69, 9.17) is 10.4 Å². The van der Waals surface area contributed by atoms with Gasteiger partial charge in [-0.2, -0.15) is 5.26 Å². The largest absolute Gasteiger partial charge is 0.394 e. The van der Waals surface area contributed by atoms with Crippen molar-refractivity contribution in [1.29, 1.82) is 5.26 Å². The number of nitrogens with one attached hydrogen (secondary N) is 2. The number of aliphatic hydroxyl groups excluding tert-OH is 2. The molecule has 190 valence electrons. The minimum atomic E-state index is -1.00. The molecule has 9 nitrogen and oxygen atoms in total. The van der Waals surface area contributed by atoms with Crippen molar-refractivity contribution in [2.24, 2.45) is 0 Å². The summed E-state index contributed by atoms with van der Waals surface area (Å²) in [5.74, 6) is 0.276. The molecular formula is C28H29N5O4. The topological polar surface area (TPSA) is 139 Å². The van der Waals surface area contributed by atoms with E-state index >= 15 is 0 Å². The van der Waals surface area contributed by atoms with Gasteiger partial charge >= 0.3 is 0 Å². The fourth-order valence-electron chi connectivity index (χ4n) is 4.58. The molecule has 1 aromatic heterocycles. The maximum atomic E-state index is 12.5. The van der Waals surface area contributed by atoms with E-state index in [9.17, 15) is 14.7 Å². The van der Waals surface area contributed by atoms with Crippen LogP contribution in [-0.4, -0.2) is 52.3 Å². The number of nitrogens with zero attached hydrogens (tertiary/aromatic N) is 3. The number of carbonyl (C=O) groups excluding carboxylic acids is 2. The van der Waals surface area contributed by atoms with Crippen molar-refractivity contribution in [3.05, 3.63) is 77.5 Å². The normalized spacial score (nSPS) is 17.3. The lowest BCUT2D eigenvalue weighted by molar-refractivity contribution is -0.117. The third kappa shape index (κ3) is 5.77. The highest BCUT2D eigenvalue weighted by molar-refractivity contribution is 5.95. The molecule has 2 aromatic carbocycles. The fraction of sp³-hybridized carbons (Fsp3) is 0.286. The van der Waals surface area contributed by atoms with Gasteiger partial charge in [0.15, 0.2) is 0 Å². The van der Waals surface area contributed by atoms with E-state index in [0.717, 1.165) is 22.4 Å². The Morgan fingerprint density at radius 1 is 1.16 bits per heavy atom. The number of rotatable bonds is 7. The van der Waals surface area contributed by atoms with Crippen molar-refractivity contribution in [2.45, 2.75) is 38.5 Å². The Kier molecular flexibility index (Phi) is 7.82. The highest BCUT2D eigenvalue weighted by atomic mass is 16.3. The third-order valence-corrected chi connectivity index (χ3v) is 6.42. The Bertz CT molecular complexity index is 1320. The lowest BCUT2D eigenvalue weighted by Crippen LogP contribution is -2.43. The van der Waals surface area contributed by atoms with Gasteiger partial charge < -0.3 is 25.7 Å². The molecule has 0 saturated carbocycles. The average Bonchev–Trinajstić information content (AvgIpc) is 2.91. The van der Waals surface area contributed by atoms with Gasteiger partial charge in [-0.3, -0.25) is 9.59 Å². The summed E-state index contributed by atoms with van der Waals surface area (Å²) in [5.41, 5.74) is 4.54. The predicted molar refractivity (Wildman–Crippen MR) is 140 cm³/mol. The smallest absolute Gasteiger partial charge is 0.251 e. The van der Waals surface area contributed by atoms with Gasteiger partial charge in [-0.1, -0.05) is 18.2 Å². The second kappa shape index (κ2) is 11.2. The summed E-state index contributed by atoms with van der Waals surface area (Å²) >= 11 is 0. The van der Waals surface area contributed by atoms with E-state index in [1.165, 1.54) is 6.20 Å². The fourth-order valence-corrected chi connectivity index (χ4v) is 4.58. The molecule has 2 heterocycles.